The molecule has 0 fully saturated rings. The Balaban J connectivity index is 1.71. The lowest BCUT2D eigenvalue weighted by atomic mass is 10.1. The van der Waals surface area contributed by atoms with Gasteiger partial charge in [0.1, 0.15) is 17.7 Å². The Hall–Kier alpha value is -3.42. The summed E-state index contributed by atoms with van der Waals surface area (Å²) in [5, 5.41) is 5.29. The molecule has 0 spiro atoms. The number of halogens is 1. The molecule has 3 rings (SSSR count). The third-order valence-corrected chi connectivity index (χ3v) is 3.78. The highest BCUT2D eigenvalue weighted by atomic mass is 19.1. The van der Waals surface area contributed by atoms with Crippen molar-refractivity contribution in [2.75, 3.05) is 6.54 Å². The molecular weight excluding hydrogens is 339 g/mol. The van der Waals surface area contributed by atoms with Crippen molar-refractivity contribution in [3.05, 3.63) is 78.0 Å². The Morgan fingerprint density at radius 2 is 2.04 bits per heavy atom. The average molecular weight is 356 g/mol. The summed E-state index contributed by atoms with van der Waals surface area (Å²) in [6.45, 7) is -0.234. The molecule has 0 unspecified atom stereocenters. The smallest absolute Gasteiger partial charge is 0.287 e. The van der Waals surface area contributed by atoms with E-state index in [0.717, 1.165) is 0 Å². The van der Waals surface area contributed by atoms with Gasteiger partial charge in [0.15, 0.2) is 5.76 Å². The minimum atomic E-state index is -0.580. The summed E-state index contributed by atoms with van der Waals surface area (Å²) in [4.78, 5) is 28.4. The number of carbonyl (C=O) groups is 2. The number of furan rings is 1. The van der Waals surface area contributed by atoms with Crippen LogP contribution in [0.15, 0.2) is 59.5 Å². The maximum atomic E-state index is 13.2. The van der Waals surface area contributed by atoms with E-state index < -0.39 is 17.9 Å². The van der Waals surface area contributed by atoms with E-state index in [1.165, 1.54) is 24.5 Å². The third kappa shape index (κ3) is 3.97. The normalized spacial score (nSPS) is 11.8. The number of amides is 2. The fraction of sp³-hybridized carbons (Fsp3) is 0.167. The SMILES string of the molecule is Cn1ccnc1[C@@H](NC(=O)CNC(=O)c1ccco1)c1ccc(F)cc1. The van der Waals surface area contributed by atoms with Crippen molar-refractivity contribution < 1.29 is 18.4 Å². The number of aryl methyl sites for hydroxylation is 1. The maximum absolute atomic E-state index is 13.2. The standard InChI is InChI=1S/C18H17FN4O3/c1-23-9-8-20-17(23)16(12-4-6-13(19)7-5-12)22-15(24)11-21-18(25)14-3-2-10-26-14/h2-10,16H,11H2,1H3,(H,21,25)(H,22,24)/t16-/m0/s1. The maximum Gasteiger partial charge on any atom is 0.287 e. The highest BCUT2D eigenvalue weighted by molar-refractivity contribution is 5.94. The molecule has 0 saturated carbocycles. The lowest BCUT2D eigenvalue weighted by molar-refractivity contribution is -0.120. The average Bonchev–Trinajstić information content (AvgIpc) is 3.30. The Kier molecular flexibility index (Phi) is 5.12. The van der Waals surface area contributed by atoms with E-state index in [1.807, 2.05) is 0 Å². The molecule has 1 atom stereocenters. The molecule has 0 saturated heterocycles. The van der Waals surface area contributed by atoms with Crippen LogP contribution in [0.5, 0.6) is 0 Å². The Morgan fingerprint density at radius 1 is 1.27 bits per heavy atom. The van der Waals surface area contributed by atoms with Gasteiger partial charge in [-0.3, -0.25) is 9.59 Å². The molecule has 7 nitrogen and oxygen atoms in total. The molecule has 0 aliphatic rings. The van der Waals surface area contributed by atoms with Crippen LogP contribution in [-0.4, -0.2) is 27.9 Å². The molecule has 2 N–H and O–H groups in total. The summed E-state index contributed by atoms with van der Waals surface area (Å²) >= 11 is 0. The van der Waals surface area contributed by atoms with Crippen LogP contribution in [-0.2, 0) is 11.8 Å². The summed E-state index contributed by atoms with van der Waals surface area (Å²) in [7, 11) is 1.80. The second-order valence-electron chi connectivity index (χ2n) is 5.61. The number of benzene rings is 1. The van der Waals surface area contributed by atoms with Crippen molar-refractivity contribution in [1.29, 1.82) is 0 Å². The van der Waals surface area contributed by atoms with E-state index in [9.17, 15) is 14.0 Å². The van der Waals surface area contributed by atoms with Crippen LogP contribution in [0.4, 0.5) is 4.39 Å². The number of carbonyl (C=O) groups excluding carboxylic acids is 2. The predicted octanol–water partition coefficient (Wildman–Crippen LogP) is 1.79. The zero-order chi connectivity index (χ0) is 18.5. The van der Waals surface area contributed by atoms with Crippen LogP contribution in [0.25, 0.3) is 0 Å². The fourth-order valence-electron chi connectivity index (χ4n) is 2.47. The summed E-state index contributed by atoms with van der Waals surface area (Å²) in [5.74, 6) is -0.564. The molecule has 8 heteroatoms. The van der Waals surface area contributed by atoms with E-state index in [-0.39, 0.29) is 18.1 Å². The minimum Gasteiger partial charge on any atom is -0.459 e. The second-order valence-corrected chi connectivity index (χ2v) is 5.61. The zero-order valence-electron chi connectivity index (χ0n) is 14.0. The van der Waals surface area contributed by atoms with Gasteiger partial charge in [-0.2, -0.15) is 0 Å². The van der Waals surface area contributed by atoms with Crippen LogP contribution in [0, 0.1) is 5.82 Å². The molecule has 1 aromatic carbocycles. The first-order valence-corrected chi connectivity index (χ1v) is 7.88. The third-order valence-electron chi connectivity index (χ3n) is 3.78. The van der Waals surface area contributed by atoms with Crippen molar-refractivity contribution in [2.45, 2.75) is 6.04 Å². The van der Waals surface area contributed by atoms with Gasteiger partial charge in [-0.05, 0) is 29.8 Å². The molecule has 0 aliphatic carbocycles. The van der Waals surface area contributed by atoms with Crippen molar-refractivity contribution in [3.63, 3.8) is 0 Å². The van der Waals surface area contributed by atoms with Gasteiger partial charge in [-0.15, -0.1) is 0 Å². The Morgan fingerprint density at radius 3 is 2.65 bits per heavy atom. The minimum absolute atomic E-state index is 0.122. The number of hydrogen-bond acceptors (Lipinski definition) is 4. The first-order valence-electron chi connectivity index (χ1n) is 7.88. The number of rotatable bonds is 6. The van der Waals surface area contributed by atoms with Gasteiger partial charge in [-0.1, -0.05) is 12.1 Å². The van der Waals surface area contributed by atoms with Crippen molar-refractivity contribution in [2.24, 2.45) is 7.05 Å². The van der Waals surface area contributed by atoms with Gasteiger partial charge in [0.25, 0.3) is 5.91 Å². The number of aromatic nitrogens is 2. The highest BCUT2D eigenvalue weighted by Crippen LogP contribution is 2.20. The van der Waals surface area contributed by atoms with Crippen molar-refractivity contribution in [1.82, 2.24) is 20.2 Å². The van der Waals surface area contributed by atoms with Gasteiger partial charge >= 0.3 is 0 Å². The number of nitrogens with one attached hydrogen (secondary N) is 2. The first-order chi connectivity index (χ1) is 12.5. The molecule has 0 radical (unpaired) electrons. The number of imidazole rings is 1. The summed E-state index contributed by atoms with van der Waals surface area (Å²) < 4.78 is 19.9. The molecule has 26 heavy (non-hydrogen) atoms. The zero-order valence-corrected chi connectivity index (χ0v) is 14.0. The summed E-state index contributed by atoms with van der Waals surface area (Å²) in [5.41, 5.74) is 0.673. The summed E-state index contributed by atoms with van der Waals surface area (Å²) in [6, 6.07) is 8.30. The lowest BCUT2D eigenvalue weighted by Crippen LogP contribution is -2.39. The topological polar surface area (TPSA) is 89.2 Å². The number of nitrogens with zero attached hydrogens (tertiary/aromatic N) is 2. The van der Waals surface area contributed by atoms with Crippen LogP contribution in [0.1, 0.15) is 28.0 Å². The van der Waals surface area contributed by atoms with Crippen LogP contribution in [0.2, 0.25) is 0 Å². The Bertz CT molecular complexity index is 888. The van der Waals surface area contributed by atoms with E-state index in [1.54, 1.807) is 42.2 Å². The summed E-state index contributed by atoms with van der Waals surface area (Å²) in [6.07, 6.45) is 4.73. The van der Waals surface area contributed by atoms with Gasteiger partial charge < -0.3 is 19.6 Å². The second kappa shape index (κ2) is 7.64. The fourth-order valence-corrected chi connectivity index (χ4v) is 2.47. The van der Waals surface area contributed by atoms with Gasteiger partial charge in [0.05, 0.1) is 12.8 Å². The van der Waals surface area contributed by atoms with E-state index in [2.05, 4.69) is 15.6 Å². The van der Waals surface area contributed by atoms with Crippen LogP contribution < -0.4 is 10.6 Å². The molecule has 2 aromatic heterocycles. The highest BCUT2D eigenvalue weighted by Gasteiger charge is 2.21. The Labute approximate surface area is 148 Å². The molecule has 3 aromatic rings. The molecule has 2 heterocycles. The van der Waals surface area contributed by atoms with Crippen LogP contribution >= 0.6 is 0 Å². The van der Waals surface area contributed by atoms with E-state index >= 15 is 0 Å². The van der Waals surface area contributed by atoms with Crippen molar-refractivity contribution >= 4 is 11.8 Å². The monoisotopic (exact) mass is 356 g/mol. The van der Waals surface area contributed by atoms with Gasteiger partial charge in [0.2, 0.25) is 5.91 Å². The molecule has 134 valence electrons. The molecular formula is C18H17FN4O3. The predicted molar refractivity (Wildman–Crippen MR) is 90.6 cm³/mol. The largest absolute Gasteiger partial charge is 0.459 e. The number of hydrogen-bond donors (Lipinski definition) is 2. The molecule has 0 aliphatic heterocycles. The van der Waals surface area contributed by atoms with E-state index in [0.29, 0.717) is 11.4 Å². The van der Waals surface area contributed by atoms with Crippen LogP contribution in [0.3, 0.4) is 0 Å². The quantitative estimate of drug-likeness (QED) is 0.705. The van der Waals surface area contributed by atoms with Gasteiger partial charge in [0, 0.05) is 19.4 Å². The molecule has 2 amide bonds. The van der Waals surface area contributed by atoms with Crippen molar-refractivity contribution in [3.8, 4) is 0 Å². The first kappa shape index (κ1) is 17.4. The van der Waals surface area contributed by atoms with Gasteiger partial charge in [-0.25, -0.2) is 9.37 Å². The molecule has 0 bridgehead atoms. The van der Waals surface area contributed by atoms with E-state index in [4.69, 9.17) is 4.42 Å². The lowest BCUT2D eigenvalue weighted by Gasteiger charge is -2.19.